The van der Waals surface area contributed by atoms with Gasteiger partial charge in [-0.2, -0.15) is 11.8 Å². The minimum Gasteiger partial charge on any atom is -0.480 e. The molecule has 6 N–H and O–H groups in total. The van der Waals surface area contributed by atoms with Gasteiger partial charge in [0.1, 0.15) is 23.7 Å². The zero-order valence-corrected chi connectivity index (χ0v) is 18.8. The molecule has 9 nitrogen and oxygen atoms in total. The van der Waals surface area contributed by atoms with Gasteiger partial charge in [-0.05, 0) is 43.9 Å². The number of anilines is 1. The number of benzene rings is 1. The fourth-order valence-corrected chi connectivity index (χ4v) is 5.50. The topological polar surface area (TPSA) is 150 Å². The van der Waals surface area contributed by atoms with Crippen molar-refractivity contribution in [2.24, 2.45) is 11.7 Å². The minimum absolute atomic E-state index is 0.00554. The molecule has 0 aliphatic heterocycles. The van der Waals surface area contributed by atoms with Crippen LogP contribution in [0.5, 0.6) is 0 Å². The first-order chi connectivity index (χ1) is 15.4. The summed E-state index contributed by atoms with van der Waals surface area (Å²) >= 11 is 1.56. The van der Waals surface area contributed by atoms with E-state index in [-0.39, 0.29) is 17.2 Å². The zero-order chi connectivity index (χ0) is 22.8. The number of aliphatic carboxylic acids is 1. The van der Waals surface area contributed by atoms with Crippen LogP contribution < -0.4 is 11.1 Å². The number of rotatable bonds is 8. The summed E-state index contributed by atoms with van der Waals surface area (Å²) in [6, 6.07) is 7.06. The van der Waals surface area contributed by atoms with Gasteiger partial charge in [-0.25, -0.2) is 15.0 Å². The minimum atomic E-state index is -1.02. The summed E-state index contributed by atoms with van der Waals surface area (Å²) in [5.74, 6) is 0.312. The van der Waals surface area contributed by atoms with Gasteiger partial charge in [0.05, 0.1) is 6.10 Å². The van der Waals surface area contributed by atoms with Crippen LogP contribution >= 0.6 is 11.8 Å². The van der Waals surface area contributed by atoms with E-state index in [1.807, 2.05) is 37.4 Å². The number of nitrogens with zero attached hydrogens (tertiary/aromatic N) is 3. The first-order valence-electron chi connectivity index (χ1n) is 10.6. The van der Waals surface area contributed by atoms with E-state index in [0.29, 0.717) is 30.7 Å². The number of hydrogen-bond donors (Lipinski definition) is 5. The second-order valence-electron chi connectivity index (χ2n) is 8.32. The summed E-state index contributed by atoms with van der Waals surface area (Å²) in [6.45, 7) is 2.03. The number of nitrogens with one attached hydrogen (secondary N) is 2. The number of fused-ring (bicyclic) bond motifs is 1. The van der Waals surface area contributed by atoms with Gasteiger partial charge in [0, 0.05) is 16.9 Å². The van der Waals surface area contributed by atoms with Crippen molar-refractivity contribution in [2.75, 3.05) is 11.6 Å². The second kappa shape index (κ2) is 9.43. The normalized spacial score (nSPS) is 22.7. The Bertz CT molecular complexity index is 1110. The van der Waals surface area contributed by atoms with Crippen molar-refractivity contribution in [3.63, 3.8) is 0 Å². The summed E-state index contributed by atoms with van der Waals surface area (Å²) in [7, 11) is 0. The number of imidazole rings is 1. The highest BCUT2D eigenvalue weighted by Gasteiger charge is 2.39. The Morgan fingerprint density at radius 2 is 2.12 bits per heavy atom. The molecule has 1 saturated carbocycles. The third-order valence-corrected chi connectivity index (χ3v) is 7.34. The number of H-pyrrole nitrogens is 1. The lowest BCUT2D eigenvalue weighted by molar-refractivity contribution is -0.138. The highest BCUT2D eigenvalue weighted by molar-refractivity contribution is 7.99. The van der Waals surface area contributed by atoms with Crippen molar-refractivity contribution < 1.29 is 15.0 Å². The Kier molecular flexibility index (Phi) is 6.63. The molecule has 2 aromatic heterocycles. The van der Waals surface area contributed by atoms with Crippen molar-refractivity contribution in [3.05, 3.63) is 36.2 Å². The monoisotopic (exact) mass is 456 g/mol. The molecular formula is C22H28N6O3S. The number of aromatic amines is 1. The predicted molar refractivity (Wildman–Crippen MR) is 126 cm³/mol. The average molecular weight is 457 g/mol. The van der Waals surface area contributed by atoms with E-state index < -0.39 is 18.1 Å². The van der Waals surface area contributed by atoms with Crippen molar-refractivity contribution in [2.45, 2.75) is 49.6 Å². The summed E-state index contributed by atoms with van der Waals surface area (Å²) in [5, 5.41) is 23.2. The van der Waals surface area contributed by atoms with Crippen LogP contribution in [0.25, 0.3) is 22.6 Å². The van der Waals surface area contributed by atoms with Crippen molar-refractivity contribution >= 4 is 34.7 Å². The van der Waals surface area contributed by atoms with E-state index in [4.69, 9.17) is 10.8 Å². The number of carbonyl (C=O) groups is 1. The first-order valence-corrected chi connectivity index (χ1v) is 11.9. The van der Waals surface area contributed by atoms with Gasteiger partial charge in [0.25, 0.3) is 0 Å². The molecule has 2 heterocycles. The molecule has 170 valence electrons. The third kappa shape index (κ3) is 4.57. The molecule has 0 spiro atoms. The molecule has 0 radical (unpaired) electrons. The lowest BCUT2D eigenvalue weighted by atomic mass is 9.96. The molecule has 1 aliphatic rings. The molecule has 32 heavy (non-hydrogen) atoms. The van der Waals surface area contributed by atoms with Gasteiger partial charge in [0.15, 0.2) is 11.5 Å². The molecule has 1 fully saturated rings. The summed E-state index contributed by atoms with van der Waals surface area (Å²) in [4.78, 5) is 27.8. The Labute approximate surface area is 190 Å². The van der Waals surface area contributed by atoms with Gasteiger partial charge in [-0.3, -0.25) is 4.79 Å². The smallest absolute Gasteiger partial charge is 0.320 e. The van der Waals surface area contributed by atoms with Gasteiger partial charge in [-0.1, -0.05) is 24.3 Å². The highest BCUT2D eigenvalue weighted by atomic mass is 32.2. The zero-order valence-electron chi connectivity index (χ0n) is 18.0. The van der Waals surface area contributed by atoms with E-state index >= 15 is 0 Å². The van der Waals surface area contributed by atoms with E-state index in [2.05, 4.69) is 25.3 Å². The largest absolute Gasteiger partial charge is 0.480 e. The maximum Gasteiger partial charge on any atom is 0.320 e. The van der Waals surface area contributed by atoms with Gasteiger partial charge in [-0.15, -0.1) is 0 Å². The molecule has 1 aromatic carbocycles. The number of hydrogen-bond acceptors (Lipinski definition) is 8. The van der Waals surface area contributed by atoms with E-state index in [1.54, 1.807) is 11.8 Å². The number of carboxylic acids is 1. The molecule has 0 saturated heterocycles. The standard InChI is InChI=1S/C22H28N6O3S/c1-11-5-3-4-6-13(11)19-27-18-20(24-10-25-21(18)28-19)26-12-7-14(16(29)8-12)17(32-2)9-15(23)22(30)31/h3-6,10,12,14-17,29H,7-9,23H2,1-2H3,(H,30,31)(H2,24,25,26,27,28)/t12-,14+,15+,16+,17?/m1/s1. The lowest BCUT2D eigenvalue weighted by Crippen LogP contribution is -2.37. The summed E-state index contributed by atoms with van der Waals surface area (Å²) < 4.78 is 0. The van der Waals surface area contributed by atoms with Crippen LogP contribution in [0.2, 0.25) is 0 Å². The lowest BCUT2D eigenvalue weighted by Gasteiger charge is -2.25. The molecule has 4 rings (SSSR count). The summed E-state index contributed by atoms with van der Waals surface area (Å²) in [6.07, 6.45) is 4.44. The molecule has 1 unspecified atom stereocenters. The number of aryl methyl sites for hydroxylation is 1. The van der Waals surface area contributed by atoms with Crippen LogP contribution in [0, 0.1) is 12.8 Å². The number of nitrogens with two attached hydrogens (primary N) is 1. The maximum atomic E-state index is 11.2. The number of carboxylic acid groups (broad SMARTS) is 1. The Morgan fingerprint density at radius 3 is 2.84 bits per heavy atom. The Balaban J connectivity index is 1.52. The van der Waals surface area contributed by atoms with Gasteiger partial charge in [0.2, 0.25) is 0 Å². The van der Waals surface area contributed by atoms with Crippen LogP contribution in [0.1, 0.15) is 24.8 Å². The van der Waals surface area contributed by atoms with Crippen molar-refractivity contribution in [1.82, 2.24) is 19.9 Å². The average Bonchev–Trinajstić information content (AvgIpc) is 3.36. The number of aliphatic hydroxyl groups excluding tert-OH is 1. The molecule has 10 heteroatoms. The fraction of sp³-hybridized carbons (Fsp3) is 0.455. The van der Waals surface area contributed by atoms with Crippen LogP contribution in [0.15, 0.2) is 30.6 Å². The Morgan fingerprint density at radius 1 is 1.34 bits per heavy atom. The molecule has 0 amide bonds. The van der Waals surface area contributed by atoms with Crippen LogP contribution in [-0.2, 0) is 4.79 Å². The fourth-order valence-electron chi connectivity index (χ4n) is 4.46. The van der Waals surface area contributed by atoms with E-state index in [1.165, 1.54) is 6.33 Å². The second-order valence-corrected chi connectivity index (χ2v) is 9.40. The van der Waals surface area contributed by atoms with E-state index in [0.717, 1.165) is 22.5 Å². The molecule has 3 aromatic rings. The predicted octanol–water partition coefficient (Wildman–Crippen LogP) is 2.41. The first kappa shape index (κ1) is 22.5. The van der Waals surface area contributed by atoms with Gasteiger partial charge < -0.3 is 26.2 Å². The van der Waals surface area contributed by atoms with Crippen LogP contribution in [0.3, 0.4) is 0 Å². The maximum absolute atomic E-state index is 11.2. The molecule has 1 aliphatic carbocycles. The van der Waals surface area contributed by atoms with Crippen LogP contribution in [0.4, 0.5) is 5.82 Å². The van der Waals surface area contributed by atoms with Crippen molar-refractivity contribution in [3.8, 4) is 11.4 Å². The van der Waals surface area contributed by atoms with Crippen LogP contribution in [-0.4, -0.2) is 65.8 Å². The van der Waals surface area contributed by atoms with E-state index in [9.17, 15) is 9.90 Å². The summed E-state index contributed by atoms with van der Waals surface area (Å²) in [5.41, 5.74) is 9.16. The highest BCUT2D eigenvalue weighted by Crippen LogP contribution is 2.37. The quantitative estimate of drug-likeness (QED) is 0.344. The Hall–Kier alpha value is -2.69. The number of aromatic nitrogens is 4. The third-order valence-electron chi connectivity index (χ3n) is 6.19. The van der Waals surface area contributed by atoms with Gasteiger partial charge >= 0.3 is 5.97 Å². The molecular weight excluding hydrogens is 428 g/mol. The SMILES string of the molecule is CSC(C[C@H](N)C(=O)O)[C@H]1C[C@@H](Nc2ncnc3nc(-c4ccccc4C)[nH]c23)C[C@@H]1O. The number of thioether (sulfide) groups is 1. The van der Waals surface area contributed by atoms with Crippen molar-refractivity contribution in [1.29, 1.82) is 0 Å². The molecule has 0 bridgehead atoms. The molecule has 5 atom stereocenters. The number of aliphatic hydroxyl groups is 1.